The molecule has 96 valence electrons. The Kier molecular flexibility index (Phi) is 4.71. The van der Waals surface area contributed by atoms with Crippen molar-refractivity contribution in [2.75, 3.05) is 13.2 Å². The Morgan fingerprint density at radius 2 is 2.22 bits per heavy atom. The monoisotopic (exact) mass is 358 g/mol. The standard InChI is InChI=1S/C13H15IN2O2/c1-2-6-18-7-5-16-9-15-12-4-3-10(14)8-11(12)13(16)17/h3-4,8-9H,2,5-7H2,1H3. The van der Waals surface area contributed by atoms with Gasteiger partial charge in [0.2, 0.25) is 0 Å². The fourth-order valence-corrected chi connectivity index (χ4v) is 2.19. The van der Waals surface area contributed by atoms with E-state index in [9.17, 15) is 4.79 Å². The lowest BCUT2D eigenvalue weighted by atomic mass is 10.2. The van der Waals surface area contributed by atoms with Crippen LogP contribution < -0.4 is 5.56 Å². The highest BCUT2D eigenvalue weighted by Gasteiger charge is 2.04. The van der Waals surface area contributed by atoms with Crippen LogP contribution in [-0.4, -0.2) is 22.8 Å². The zero-order chi connectivity index (χ0) is 13.0. The molecule has 2 rings (SSSR count). The average molecular weight is 358 g/mol. The molecule has 0 aliphatic rings. The second-order valence-electron chi connectivity index (χ2n) is 4.02. The molecule has 1 aromatic carbocycles. The first-order valence-electron chi connectivity index (χ1n) is 5.95. The molecule has 0 unspecified atom stereocenters. The van der Waals surface area contributed by atoms with E-state index in [0.29, 0.717) is 18.5 Å². The number of ether oxygens (including phenoxy) is 1. The molecule has 0 aliphatic heterocycles. The predicted molar refractivity (Wildman–Crippen MR) is 79.8 cm³/mol. The van der Waals surface area contributed by atoms with Crippen molar-refractivity contribution in [3.05, 3.63) is 38.5 Å². The summed E-state index contributed by atoms with van der Waals surface area (Å²) in [6, 6.07) is 5.69. The van der Waals surface area contributed by atoms with Crippen LogP contribution >= 0.6 is 22.6 Å². The first kappa shape index (κ1) is 13.5. The van der Waals surface area contributed by atoms with Gasteiger partial charge in [-0.2, -0.15) is 0 Å². The summed E-state index contributed by atoms with van der Waals surface area (Å²) in [5.74, 6) is 0. The normalized spacial score (nSPS) is 11.0. The van der Waals surface area contributed by atoms with Crippen molar-refractivity contribution in [1.82, 2.24) is 9.55 Å². The van der Waals surface area contributed by atoms with Crippen LogP contribution in [0.15, 0.2) is 29.3 Å². The lowest BCUT2D eigenvalue weighted by Gasteiger charge is -2.07. The number of rotatable bonds is 5. The van der Waals surface area contributed by atoms with Crippen molar-refractivity contribution in [3.8, 4) is 0 Å². The molecule has 0 N–H and O–H groups in total. The molecule has 0 fully saturated rings. The second-order valence-corrected chi connectivity index (χ2v) is 5.26. The van der Waals surface area contributed by atoms with E-state index in [0.717, 1.165) is 22.1 Å². The summed E-state index contributed by atoms with van der Waals surface area (Å²) in [7, 11) is 0. The van der Waals surface area contributed by atoms with Crippen molar-refractivity contribution in [3.63, 3.8) is 0 Å². The molecule has 0 saturated carbocycles. The molecule has 0 bridgehead atoms. The van der Waals surface area contributed by atoms with Crippen LogP contribution in [0.3, 0.4) is 0 Å². The zero-order valence-corrected chi connectivity index (χ0v) is 12.4. The lowest BCUT2D eigenvalue weighted by Crippen LogP contribution is -2.23. The van der Waals surface area contributed by atoms with Crippen molar-refractivity contribution in [2.24, 2.45) is 0 Å². The van der Waals surface area contributed by atoms with Crippen LogP contribution in [0, 0.1) is 3.57 Å². The van der Waals surface area contributed by atoms with Crippen LogP contribution in [0.2, 0.25) is 0 Å². The third kappa shape index (κ3) is 3.08. The molecule has 0 aliphatic carbocycles. The van der Waals surface area contributed by atoms with E-state index in [4.69, 9.17) is 4.74 Å². The minimum Gasteiger partial charge on any atom is -0.380 e. The number of aromatic nitrogens is 2. The Bertz CT molecular complexity index is 595. The minimum atomic E-state index is -0.00128. The number of halogens is 1. The highest BCUT2D eigenvalue weighted by molar-refractivity contribution is 14.1. The molecule has 4 nitrogen and oxygen atoms in total. The first-order chi connectivity index (χ1) is 8.72. The Hall–Kier alpha value is -0.950. The minimum absolute atomic E-state index is 0.00128. The predicted octanol–water partition coefficient (Wildman–Crippen LogP) is 2.43. The number of benzene rings is 1. The van der Waals surface area contributed by atoms with Gasteiger partial charge < -0.3 is 4.74 Å². The molecule has 0 amide bonds. The largest absolute Gasteiger partial charge is 0.380 e. The maximum atomic E-state index is 12.2. The molecule has 1 aromatic heterocycles. The van der Waals surface area contributed by atoms with Crippen LogP contribution in [0.5, 0.6) is 0 Å². The van der Waals surface area contributed by atoms with Gasteiger partial charge in [-0.3, -0.25) is 9.36 Å². The summed E-state index contributed by atoms with van der Waals surface area (Å²) in [5.41, 5.74) is 0.741. The van der Waals surface area contributed by atoms with Gasteiger partial charge in [-0.25, -0.2) is 4.98 Å². The van der Waals surface area contributed by atoms with Crippen LogP contribution in [0.4, 0.5) is 0 Å². The lowest BCUT2D eigenvalue weighted by molar-refractivity contribution is 0.126. The summed E-state index contributed by atoms with van der Waals surface area (Å²) < 4.78 is 8.03. The van der Waals surface area contributed by atoms with Crippen molar-refractivity contribution < 1.29 is 4.74 Å². The van der Waals surface area contributed by atoms with Gasteiger partial charge in [0.05, 0.1) is 30.4 Å². The van der Waals surface area contributed by atoms with Crippen LogP contribution in [0.25, 0.3) is 10.9 Å². The molecular weight excluding hydrogens is 343 g/mol. The molecule has 18 heavy (non-hydrogen) atoms. The van der Waals surface area contributed by atoms with Gasteiger partial charge in [-0.15, -0.1) is 0 Å². The van der Waals surface area contributed by atoms with E-state index in [-0.39, 0.29) is 5.56 Å². The molecule has 0 atom stereocenters. The topological polar surface area (TPSA) is 44.1 Å². The van der Waals surface area contributed by atoms with Gasteiger partial charge in [-0.1, -0.05) is 6.92 Å². The molecule has 0 spiro atoms. The van der Waals surface area contributed by atoms with E-state index in [2.05, 4.69) is 34.5 Å². The van der Waals surface area contributed by atoms with Gasteiger partial charge in [0, 0.05) is 10.2 Å². The third-order valence-electron chi connectivity index (χ3n) is 2.61. The van der Waals surface area contributed by atoms with Crippen LogP contribution in [0.1, 0.15) is 13.3 Å². The quantitative estimate of drug-likeness (QED) is 0.609. The van der Waals surface area contributed by atoms with Crippen molar-refractivity contribution in [1.29, 1.82) is 0 Å². The number of nitrogens with zero attached hydrogens (tertiary/aromatic N) is 2. The average Bonchev–Trinajstić information content (AvgIpc) is 2.38. The van der Waals surface area contributed by atoms with Gasteiger partial charge >= 0.3 is 0 Å². The van der Waals surface area contributed by atoms with E-state index >= 15 is 0 Å². The molecular formula is C13H15IN2O2. The first-order valence-corrected chi connectivity index (χ1v) is 7.02. The number of hydrogen-bond acceptors (Lipinski definition) is 3. The summed E-state index contributed by atoms with van der Waals surface area (Å²) in [4.78, 5) is 16.5. The number of fused-ring (bicyclic) bond motifs is 1. The molecule has 5 heteroatoms. The van der Waals surface area contributed by atoms with Crippen LogP contribution in [-0.2, 0) is 11.3 Å². The third-order valence-corrected chi connectivity index (χ3v) is 3.28. The van der Waals surface area contributed by atoms with E-state index < -0.39 is 0 Å². The fourth-order valence-electron chi connectivity index (χ4n) is 1.70. The second kappa shape index (κ2) is 6.29. The van der Waals surface area contributed by atoms with Gasteiger partial charge in [0.15, 0.2) is 0 Å². The summed E-state index contributed by atoms with van der Waals surface area (Å²) >= 11 is 2.20. The van der Waals surface area contributed by atoms with E-state index in [1.54, 1.807) is 10.9 Å². The SMILES string of the molecule is CCCOCCn1cnc2ccc(I)cc2c1=O. The summed E-state index contributed by atoms with van der Waals surface area (Å²) in [6.45, 7) is 3.89. The summed E-state index contributed by atoms with van der Waals surface area (Å²) in [5, 5.41) is 0.667. The van der Waals surface area contributed by atoms with E-state index in [1.807, 2.05) is 18.2 Å². The molecule has 0 saturated heterocycles. The summed E-state index contributed by atoms with van der Waals surface area (Å²) in [6.07, 6.45) is 2.58. The highest BCUT2D eigenvalue weighted by Crippen LogP contribution is 2.11. The Labute approximate surface area is 119 Å². The van der Waals surface area contributed by atoms with E-state index in [1.165, 1.54) is 0 Å². The number of hydrogen-bond donors (Lipinski definition) is 0. The zero-order valence-electron chi connectivity index (χ0n) is 10.2. The highest BCUT2D eigenvalue weighted by atomic mass is 127. The Morgan fingerprint density at radius 3 is 3.00 bits per heavy atom. The maximum absolute atomic E-state index is 12.2. The molecule has 0 radical (unpaired) electrons. The Balaban J connectivity index is 2.24. The molecule has 1 heterocycles. The van der Waals surface area contributed by atoms with Gasteiger partial charge in [0.25, 0.3) is 5.56 Å². The van der Waals surface area contributed by atoms with Gasteiger partial charge in [-0.05, 0) is 47.2 Å². The maximum Gasteiger partial charge on any atom is 0.261 e. The Morgan fingerprint density at radius 1 is 1.39 bits per heavy atom. The fraction of sp³-hybridized carbons (Fsp3) is 0.385. The smallest absolute Gasteiger partial charge is 0.261 e. The van der Waals surface area contributed by atoms with Gasteiger partial charge in [0.1, 0.15) is 0 Å². The molecule has 2 aromatic rings. The van der Waals surface area contributed by atoms with Crippen molar-refractivity contribution >= 4 is 33.5 Å². The van der Waals surface area contributed by atoms with Crippen molar-refractivity contribution in [2.45, 2.75) is 19.9 Å².